The van der Waals surface area contributed by atoms with Gasteiger partial charge in [0.15, 0.2) is 0 Å². The van der Waals surface area contributed by atoms with Gasteiger partial charge in [-0.1, -0.05) is 0 Å². The SMILES string of the molecule is CC(C)N1CCCN(C(=O)c2ccc(C(=O)N(C)C)nc2)CC1. The summed E-state index contributed by atoms with van der Waals surface area (Å²) in [7, 11) is 3.36. The van der Waals surface area contributed by atoms with Gasteiger partial charge >= 0.3 is 0 Å². The molecule has 1 aliphatic rings. The van der Waals surface area contributed by atoms with Crippen LogP contribution in [0.25, 0.3) is 0 Å². The number of hydrogen-bond donors (Lipinski definition) is 0. The quantitative estimate of drug-likeness (QED) is 0.844. The fourth-order valence-electron chi connectivity index (χ4n) is 2.72. The Labute approximate surface area is 138 Å². The molecule has 0 radical (unpaired) electrons. The smallest absolute Gasteiger partial charge is 0.271 e. The van der Waals surface area contributed by atoms with Gasteiger partial charge in [0.2, 0.25) is 0 Å². The van der Waals surface area contributed by atoms with E-state index in [0.29, 0.717) is 17.3 Å². The van der Waals surface area contributed by atoms with E-state index in [1.807, 2.05) is 4.90 Å². The average Bonchev–Trinajstić information content (AvgIpc) is 2.79. The second-order valence-corrected chi connectivity index (χ2v) is 6.41. The predicted octanol–water partition coefficient (Wildman–Crippen LogP) is 1.34. The molecule has 1 aromatic rings. The Hall–Kier alpha value is -1.95. The van der Waals surface area contributed by atoms with Gasteiger partial charge in [-0.25, -0.2) is 0 Å². The summed E-state index contributed by atoms with van der Waals surface area (Å²) < 4.78 is 0. The lowest BCUT2D eigenvalue weighted by atomic mass is 10.2. The van der Waals surface area contributed by atoms with Gasteiger partial charge in [-0.2, -0.15) is 0 Å². The van der Waals surface area contributed by atoms with E-state index >= 15 is 0 Å². The summed E-state index contributed by atoms with van der Waals surface area (Å²) in [6, 6.07) is 3.81. The zero-order chi connectivity index (χ0) is 17.0. The number of carbonyl (C=O) groups excluding carboxylic acids is 2. The molecular weight excluding hydrogens is 292 g/mol. The summed E-state index contributed by atoms with van der Waals surface area (Å²) in [6.45, 7) is 7.78. The van der Waals surface area contributed by atoms with Gasteiger partial charge in [0, 0.05) is 52.5 Å². The van der Waals surface area contributed by atoms with Crippen LogP contribution in [0.1, 0.15) is 41.1 Å². The molecule has 0 bridgehead atoms. The van der Waals surface area contributed by atoms with E-state index in [2.05, 4.69) is 23.7 Å². The standard InChI is InChI=1S/C17H26N4O2/c1-13(2)20-8-5-9-21(11-10-20)16(22)14-6-7-15(18-12-14)17(23)19(3)4/h6-7,12-13H,5,8-11H2,1-4H3. The van der Waals surface area contributed by atoms with Crippen LogP contribution in [0.15, 0.2) is 18.3 Å². The van der Waals surface area contributed by atoms with Gasteiger partial charge < -0.3 is 9.80 Å². The van der Waals surface area contributed by atoms with E-state index in [4.69, 9.17) is 0 Å². The third kappa shape index (κ3) is 4.28. The summed E-state index contributed by atoms with van der Waals surface area (Å²) in [5, 5.41) is 0. The largest absolute Gasteiger partial charge is 0.343 e. The summed E-state index contributed by atoms with van der Waals surface area (Å²) in [6.07, 6.45) is 2.48. The summed E-state index contributed by atoms with van der Waals surface area (Å²) in [5.74, 6) is -0.168. The summed E-state index contributed by atoms with van der Waals surface area (Å²) >= 11 is 0. The van der Waals surface area contributed by atoms with Crippen molar-refractivity contribution in [3.05, 3.63) is 29.6 Å². The van der Waals surface area contributed by atoms with Crippen LogP contribution in [0.4, 0.5) is 0 Å². The Bertz CT molecular complexity index is 554. The van der Waals surface area contributed by atoms with Gasteiger partial charge in [-0.15, -0.1) is 0 Å². The molecular formula is C17H26N4O2. The van der Waals surface area contributed by atoms with Gasteiger partial charge in [0.25, 0.3) is 11.8 Å². The van der Waals surface area contributed by atoms with Crippen LogP contribution in [-0.4, -0.2) is 77.8 Å². The normalized spacial score (nSPS) is 16.3. The third-order valence-electron chi connectivity index (χ3n) is 4.18. The molecule has 0 atom stereocenters. The predicted molar refractivity (Wildman–Crippen MR) is 89.5 cm³/mol. The number of aromatic nitrogens is 1. The van der Waals surface area contributed by atoms with E-state index in [-0.39, 0.29) is 11.8 Å². The Morgan fingerprint density at radius 1 is 1.13 bits per heavy atom. The van der Waals surface area contributed by atoms with Crippen molar-refractivity contribution in [2.75, 3.05) is 40.3 Å². The van der Waals surface area contributed by atoms with Crippen molar-refractivity contribution in [3.8, 4) is 0 Å². The molecule has 0 unspecified atom stereocenters. The molecule has 1 saturated heterocycles. The average molecular weight is 318 g/mol. The van der Waals surface area contributed by atoms with Crippen LogP contribution in [0.3, 0.4) is 0 Å². The van der Waals surface area contributed by atoms with E-state index in [1.165, 1.54) is 11.1 Å². The first-order valence-corrected chi connectivity index (χ1v) is 8.11. The van der Waals surface area contributed by atoms with Gasteiger partial charge in [-0.3, -0.25) is 19.5 Å². The van der Waals surface area contributed by atoms with Gasteiger partial charge in [-0.05, 0) is 32.4 Å². The molecule has 1 fully saturated rings. The van der Waals surface area contributed by atoms with E-state index in [1.54, 1.807) is 26.2 Å². The maximum Gasteiger partial charge on any atom is 0.271 e. The maximum absolute atomic E-state index is 12.6. The lowest BCUT2D eigenvalue weighted by Gasteiger charge is -2.24. The molecule has 6 nitrogen and oxygen atoms in total. The van der Waals surface area contributed by atoms with Crippen LogP contribution in [-0.2, 0) is 0 Å². The molecule has 6 heteroatoms. The molecule has 2 heterocycles. The molecule has 2 rings (SSSR count). The lowest BCUT2D eigenvalue weighted by molar-refractivity contribution is 0.0756. The van der Waals surface area contributed by atoms with Crippen molar-refractivity contribution in [1.29, 1.82) is 0 Å². The molecule has 1 aromatic heterocycles. The number of amides is 2. The molecule has 2 amide bonds. The molecule has 0 aromatic carbocycles. The van der Waals surface area contributed by atoms with E-state index < -0.39 is 0 Å². The Morgan fingerprint density at radius 2 is 1.87 bits per heavy atom. The monoisotopic (exact) mass is 318 g/mol. The van der Waals surface area contributed by atoms with E-state index in [9.17, 15) is 9.59 Å². The molecule has 126 valence electrons. The van der Waals surface area contributed by atoms with Crippen LogP contribution in [0, 0.1) is 0 Å². The minimum absolute atomic E-state index is 0.00745. The number of rotatable bonds is 3. The fourth-order valence-corrected chi connectivity index (χ4v) is 2.72. The molecule has 0 aliphatic carbocycles. The van der Waals surface area contributed by atoms with Crippen molar-refractivity contribution < 1.29 is 9.59 Å². The van der Waals surface area contributed by atoms with Gasteiger partial charge in [0.1, 0.15) is 5.69 Å². The first-order chi connectivity index (χ1) is 10.9. The number of carbonyl (C=O) groups is 2. The van der Waals surface area contributed by atoms with Crippen molar-refractivity contribution in [1.82, 2.24) is 19.7 Å². The first kappa shape index (κ1) is 17.4. The number of pyridine rings is 1. The van der Waals surface area contributed by atoms with Crippen molar-refractivity contribution in [2.45, 2.75) is 26.3 Å². The second kappa shape index (κ2) is 7.55. The fraction of sp³-hybridized carbons (Fsp3) is 0.588. The zero-order valence-electron chi connectivity index (χ0n) is 14.5. The summed E-state index contributed by atoms with van der Waals surface area (Å²) in [5.41, 5.74) is 0.895. The van der Waals surface area contributed by atoms with Crippen LogP contribution in [0.5, 0.6) is 0 Å². The van der Waals surface area contributed by atoms with Gasteiger partial charge in [0.05, 0.1) is 5.56 Å². The highest BCUT2D eigenvalue weighted by molar-refractivity contribution is 5.96. The first-order valence-electron chi connectivity index (χ1n) is 8.11. The Kier molecular flexibility index (Phi) is 5.71. The van der Waals surface area contributed by atoms with Crippen LogP contribution < -0.4 is 0 Å². The number of hydrogen-bond acceptors (Lipinski definition) is 4. The Balaban J connectivity index is 2.04. The highest BCUT2D eigenvalue weighted by Crippen LogP contribution is 2.11. The molecule has 0 spiro atoms. The van der Waals surface area contributed by atoms with Crippen LogP contribution in [0.2, 0.25) is 0 Å². The van der Waals surface area contributed by atoms with Crippen molar-refractivity contribution in [3.63, 3.8) is 0 Å². The second-order valence-electron chi connectivity index (χ2n) is 6.41. The van der Waals surface area contributed by atoms with E-state index in [0.717, 1.165) is 32.6 Å². The zero-order valence-corrected chi connectivity index (χ0v) is 14.5. The third-order valence-corrected chi connectivity index (χ3v) is 4.18. The lowest BCUT2D eigenvalue weighted by Crippen LogP contribution is -2.37. The topological polar surface area (TPSA) is 56.8 Å². The van der Waals surface area contributed by atoms with Crippen molar-refractivity contribution >= 4 is 11.8 Å². The minimum Gasteiger partial charge on any atom is -0.343 e. The minimum atomic E-state index is -0.161. The Morgan fingerprint density at radius 3 is 2.43 bits per heavy atom. The number of nitrogens with zero attached hydrogens (tertiary/aromatic N) is 4. The molecule has 0 N–H and O–H groups in total. The molecule has 1 aliphatic heterocycles. The molecule has 0 saturated carbocycles. The summed E-state index contributed by atoms with van der Waals surface area (Å²) in [4.78, 5) is 34.3. The molecule has 23 heavy (non-hydrogen) atoms. The highest BCUT2D eigenvalue weighted by Gasteiger charge is 2.22. The van der Waals surface area contributed by atoms with Crippen molar-refractivity contribution in [2.24, 2.45) is 0 Å². The maximum atomic E-state index is 12.6. The van der Waals surface area contributed by atoms with Crippen LogP contribution >= 0.6 is 0 Å². The highest BCUT2D eigenvalue weighted by atomic mass is 16.2.